The van der Waals surface area contributed by atoms with Crippen molar-refractivity contribution < 1.29 is 18.4 Å². The standard InChI is InChI=1S/C17H12FN3O3/c18-12-5-3-11(4-6-12)16(22)21-15-8-7-13(10-19-15)20-17(23)14-2-1-9-24-14/h1-10H,(H,20,23)(H,19,21,22). The zero-order valence-electron chi connectivity index (χ0n) is 12.3. The fourth-order valence-electron chi connectivity index (χ4n) is 1.93. The summed E-state index contributed by atoms with van der Waals surface area (Å²) in [6, 6.07) is 11.4. The molecule has 7 heteroatoms. The molecular formula is C17H12FN3O3. The zero-order valence-corrected chi connectivity index (χ0v) is 12.3. The van der Waals surface area contributed by atoms with Crippen LogP contribution in [0.5, 0.6) is 0 Å². The second-order valence-corrected chi connectivity index (χ2v) is 4.82. The van der Waals surface area contributed by atoms with Crippen LogP contribution >= 0.6 is 0 Å². The maximum absolute atomic E-state index is 12.8. The van der Waals surface area contributed by atoms with Gasteiger partial charge in [0.2, 0.25) is 0 Å². The summed E-state index contributed by atoms with van der Waals surface area (Å²) in [5.74, 6) is -0.731. The van der Waals surface area contributed by atoms with Gasteiger partial charge in [0.05, 0.1) is 18.1 Å². The second kappa shape index (κ2) is 6.74. The molecule has 24 heavy (non-hydrogen) atoms. The van der Waals surface area contributed by atoms with Gasteiger partial charge in [-0.25, -0.2) is 9.37 Å². The minimum absolute atomic E-state index is 0.184. The maximum Gasteiger partial charge on any atom is 0.291 e. The second-order valence-electron chi connectivity index (χ2n) is 4.82. The molecule has 3 aromatic rings. The lowest BCUT2D eigenvalue weighted by Crippen LogP contribution is -2.14. The number of aromatic nitrogens is 1. The van der Waals surface area contributed by atoms with Gasteiger partial charge in [0, 0.05) is 5.56 Å². The van der Waals surface area contributed by atoms with Crippen molar-refractivity contribution in [3.8, 4) is 0 Å². The lowest BCUT2D eigenvalue weighted by Gasteiger charge is -2.06. The van der Waals surface area contributed by atoms with E-state index in [9.17, 15) is 14.0 Å². The number of amides is 2. The Bertz CT molecular complexity index is 844. The van der Waals surface area contributed by atoms with Gasteiger partial charge in [-0.15, -0.1) is 0 Å². The predicted molar refractivity (Wildman–Crippen MR) is 85.3 cm³/mol. The molecule has 0 saturated heterocycles. The molecule has 3 rings (SSSR count). The molecule has 0 aliphatic carbocycles. The van der Waals surface area contributed by atoms with E-state index in [1.807, 2.05) is 0 Å². The first-order chi connectivity index (χ1) is 11.6. The van der Waals surface area contributed by atoms with Crippen molar-refractivity contribution in [1.82, 2.24) is 4.98 Å². The predicted octanol–water partition coefficient (Wildman–Crippen LogP) is 3.32. The lowest BCUT2D eigenvalue weighted by molar-refractivity contribution is 0.0994. The maximum atomic E-state index is 12.8. The Labute approximate surface area is 136 Å². The molecule has 2 aromatic heterocycles. The van der Waals surface area contributed by atoms with Gasteiger partial charge in [-0.1, -0.05) is 0 Å². The zero-order chi connectivity index (χ0) is 16.9. The normalized spacial score (nSPS) is 10.2. The van der Waals surface area contributed by atoms with E-state index in [1.165, 1.54) is 36.7 Å². The highest BCUT2D eigenvalue weighted by Gasteiger charge is 2.10. The summed E-state index contributed by atoms with van der Waals surface area (Å²) in [6.45, 7) is 0. The van der Waals surface area contributed by atoms with E-state index in [1.54, 1.807) is 24.3 Å². The average Bonchev–Trinajstić information content (AvgIpc) is 3.12. The van der Waals surface area contributed by atoms with Crippen LogP contribution in [-0.4, -0.2) is 16.8 Å². The third-order valence-corrected chi connectivity index (χ3v) is 3.11. The number of pyridine rings is 1. The summed E-state index contributed by atoms with van der Waals surface area (Å²) < 4.78 is 17.8. The molecule has 0 atom stereocenters. The number of hydrogen-bond acceptors (Lipinski definition) is 4. The monoisotopic (exact) mass is 325 g/mol. The third kappa shape index (κ3) is 3.64. The van der Waals surface area contributed by atoms with Gasteiger partial charge in [-0.2, -0.15) is 0 Å². The number of carbonyl (C=O) groups excluding carboxylic acids is 2. The first kappa shape index (κ1) is 15.4. The fourth-order valence-corrected chi connectivity index (χ4v) is 1.93. The van der Waals surface area contributed by atoms with E-state index in [0.717, 1.165) is 0 Å². The van der Waals surface area contributed by atoms with Crippen molar-refractivity contribution in [2.45, 2.75) is 0 Å². The molecule has 0 unspecified atom stereocenters. The summed E-state index contributed by atoms with van der Waals surface area (Å²) in [5, 5.41) is 5.20. The van der Waals surface area contributed by atoms with Gasteiger partial charge in [-0.05, 0) is 48.5 Å². The quantitative estimate of drug-likeness (QED) is 0.770. The van der Waals surface area contributed by atoms with Crippen LogP contribution in [-0.2, 0) is 0 Å². The molecule has 2 amide bonds. The highest BCUT2D eigenvalue weighted by molar-refractivity contribution is 6.04. The molecule has 2 N–H and O–H groups in total. The van der Waals surface area contributed by atoms with Crippen LogP contribution in [0.15, 0.2) is 65.4 Å². The summed E-state index contributed by atoms with van der Waals surface area (Å²) in [6.07, 6.45) is 2.81. The van der Waals surface area contributed by atoms with Crippen LogP contribution in [0.4, 0.5) is 15.9 Å². The number of rotatable bonds is 4. The van der Waals surface area contributed by atoms with Crippen molar-refractivity contribution in [1.29, 1.82) is 0 Å². The van der Waals surface area contributed by atoms with E-state index in [4.69, 9.17) is 4.42 Å². The highest BCUT2D eigenvalue weighted by Crippen LogP contribution is 2.13. The number of anilines is 2. The van der Waals surface area contributed by atoms with Crippen LogP contribution in [0.2, 0.25) is 0 Å². The van der Waals surface area contributed by atoms with E-state index in [-0.39, 0.29) is 5.76 Å². The Balaban J connectivity index is 1.63. The highest BCUT2D eigenvalue weighted by atomic mass is 19.1. The average molecular weight is 325 g/mol. The third-order valence-electron chi connectivity index (χ3n) is 3.11. The van der Waals surface area contributed by atoms with Crippen molar-refractivity contribution in [3.05, 3.63) is 78.1 Å². The summed E-state index contributed by atoms with van der Waals surface area (Å²) in [5.41, 5.74) is 0.768. The Hall–Kier alpha value is -3.48. The molecule has 120 valence electrons. The van der Waals surface area contributed by atoms with Crippen LogP contribution in [0, 0.1) is 5.82 Å². The first-order valence-electron chi connectivity index (χ1n) is 6.99. The lowest BCUT2D eigenvalue weighted by atomic mass is 10.2. The Kier molecular flexibility index (Phi) is 4.33. The molecule has 0 bridgehead atoms. The Morgan fingerprint density at radius 2 is 1.75 bits per heavy atom. The van der Waals surface area contributed by atoms with Crippen molar-refractivity contribution in [2.24, 2.45) is 0 Å². The van der Waals surface area contributed by atoms with E-state index < -0.39 is 17.6 Å². The Morgan fingerprint density at radius 1 is 0.958 bits per heavy atom. The molecule has 0 aliphatic rings. The minimum atomic E-state index is -0.415. The molecule has 0 aliphatic heterocycles. The van der Waals surface area contributed by atoms with Gasteiger partial charge < -0.3 is 15.1 Å². The smallest absolute Gasteiger partial charge is 0.291 e. The number of benzene rings is 1. The van der Waals surface area contributed by atoms with Gasteiger partial charge in [0.1, 0.15) is 11.6 Å². The number of hydrogen-bond donors (Lipinski definition) is 2. The molecule has 0 fully saturated rings. The van der Waals surface area contributed by atoms with E-state index >= 15 is 0 Å². The molecule has 0 radical (unpaired) electrons. The molecular weight excluding hydrogens is 313 g/mol. The molecule has 6 nitrogen and oxygen atoms in total. The molecule has 2 heterocycles. The SMILES string of the molecule is O=C(Nc1ccc(NC(=O)c2ccco2)cn1)c1ccc(F)cc1. The van der Waals surface area contributed by atoms with Crippen LogP contribution in [0.3, 0.4) is 0 Å². The number of carbonyl (C=O) groups is 2. The number of nitrogens with zero attached hydrogens (tertiary/aromatic N) is 1. The van der Waals surface area contributed by atoms with Gasteiger partial charge in [-0.3, -0.25) is 9.59 Å². The molecule has 1 aromatic carbocycles. The molecule has 0 saturated carbocycles. The van der Waals surface area contributed by atoms with Crippen LogP contribution < -0.4 is 10.6 Å². The topological polar surface area (TPSA) is 84.2 Å². The van der Waals surface area contributed by atoms with Crippen molar-refractivity contribution in [2.75, 3.05) is 10.6 Å². The number of furan rings is 1. The summed E-state index contributed by atoms with van der Waals surface area (Å²) in [7, 11) is 0. The van der Waals surface area contributed by atoms with E-state index in [2.05, 4.69) is 15.6 Å². The number of halogens is 1. The van der Waals surface area contributed by atoms with Gasteiger partial charge in [0.15, 0.2) is 5.76 Å². The first-order valence-corrected chi connectivity index (χ1v) is 6.99. The largest absolute Gasteiger partial charge is 0.459 e. The van der Waals surface area contributed by atoms with Gasteiger partial charge >= 0.3 is 0 Å². The fraction of sp³-hybridized carbons (Fsp3) is 0. The van der Waals surface area contributed by atoms with Crippen LogP contribution in [0.25, 0.3) is 0 Å². The van der Waals surface area contributed by atoms with Crippen molar-refractivity contribution >= 4 is 23.3 Å². The summed E-state index contributed by atoms with van der Waals surface area (Å²) in [4.78, 5) is 27.8. The Morgan fingerprint density at radius 3 is 2.38 bits per heavy atom. The van der Waals surface area contributed by atoms with Gasteiger partial charge in [0.25, 0.3) is 11.8 Å². The summed E-state index contributed by atoms with van der Waals surface area (Å²) >= 11 is 0. The number of nitrogens with one attached hydrogen (secondary N) is 2. The van der Waals surface area contributed by atoms with Crippen LogP contribution in [0.1, 0.15) is 20.9 Å². The van der Waals surface area contributed by atoms with Crippen molar-refractivity contribution in [3.63, 3.8) is 0 Å². The molecule has 0 spiro atoms. The van der Waals surface area contributed by atoms with E-state index in [0.29, 0.717) is 17.1 Å². The minimum Gasteiger partial charge on any atom is -0.459 e.